The summed E-state index contributed by atoms with van der Waals surface area (Å²) in [5.41, 5.74) is 2.31. The van der Waals surface area contributed by atoms with Gasteiger partial charge in [0, 0.05) is 30.3 Å². The Morgan fingerprint density at radius 1 is 1.28 bits per heavy atom. The van der Waals surface area contributed by atoms with Gasteiger partial charge in [-0.05, 0) is 24.1 Å². The lowest BCUT2D eigenvalue weighted by molar-refractivity contribution is 0.519. The number of imidazole rings is 1. The molecule has 1 N–H and O–H groups in total. The number of nitrogens with one attached hydrogen (secondary N) is 1. The summed E-state index contributed by atoms with van der Waals surface area (Å²) in [5, 5.41) is 3.52. The number of hydrogen-bond acceptors (Lipinski definition) is 2. The van der Waals surface area contributed by atoms with Gasteiger partial charge < -0.3 is 9.88 Å². The fraction of sp³-hybridized carbons (Fsp3) is 0.400. The van der Waals surface area contributed by atoms with E-state index in [0.717, 1.165) is 18.2 Å². The van der Waals surface area contributed by atoms with Crippen molar-refractivity contribution in [1.82, 2.24) is 9.55 Å². The molecule has 18 heavy (non-hydrogen) atoms. The van der Waals surface area contributed by atoms with E-state index >= 15 is 0 Å². The van der Waals surface area contributed by atoms with Gasteiger partial charge in [0.05, 0.1) is 6.33 Å². The van der Waals surface area contributed by atoms with Crippen molar-refractivity contribution in [3.8, 4) is 5.69 Å². The summed E-state index contributed by atoms with van der Waals surface area (Å²) in [6.07, 6.45) is 8.03. The van der Waals surface area contributed by atoms with E-state index in [2.05, 4.69) is 48.4 Å². The average molecular weight is 243 g/mol. The molecule has 0 saturated heterocycles. The van der Waals surface area contributed by atoms with Crippen molar-refractivity contribution in [3.05, 3.63) is 43.0 Å². The van der Waals surface area contributed by atoms with Gasteiger partial charge in [-0.25, -0.2) is 4.98 Å². The highest BCUT2D eigenvalue weighted by Crippen LogP contribution is 2.16. The molecule has 0 spiro atoms. The summed E-state index contributed by atoms with van der Waals surface area (Å²) in [6.45, 7) is 5.54. The van der Waals surface area contributed by atoms with Crippen LogP contribution in [0.1, 0.15) is 26.7 Å². The molecule has 3 nitrogen and oxygen atoms in total. The van der Waals surface area contributed by atoms with Gasteiger partial charge in [-0.2, -0.15) is 0 Å². The third kappa shape index (κ3) is 3.13. The van der Waals surface area contributed by atoms with Crippen molar-refractivity contribution >= 4 is 5.69 Å². The minimum atomic E-state index is 0.752. The summed E-state index contributed by atoms with van der Waals surface area (Å²) in [6, 6.07) is 8.43. The van der Waals surface area contributed by atoms with Crippen LogP contribution in [0.4, 0.5) is 5.69 Å². The van der Waals surface area contributed by atoms with Crippen molar-refractivity contribution in [2.75, 3.05) is 11.9 Å². The lowest BCUT2D eigenvalue weighted by Gasteiger charge is -2.15. The van der Waals surface area contributed by atoms with Crippen LogP contribution < -0.4 is 5.32 Å². The molecule has 0 radical (unpaired) electrons. The van der Waals surface area contributed by atoms with E-state index in [9.17, 15) is 0 Å². The number of benzene rings is 1. The Balaban J connectivity index is 2.04. The summed E-state index contributed by atoms with van der Waals surface area (Å²) >= 11 is 0. The van der Waals surface area contributed by atoms with E-state index in [1.807, 2.05) is 17.1 Å². The molecule has 2 aromatic rings. The first kappa shape index (κ1) is 12.7. The lowest BCUT2D eigenvalue weighted by atomic mass is 10.0. The van der Waals surface area contributed by atoms with Gasteiger partial charge >= 0.3 is 0 Å². The Bertz CT molecular complexity index is 458. The Morgan fingerprint density at radius 3 is 2.78 bits per heavy atom. The molecule has 1 aromatic heterocycles. The minimum Gasteiger partial charge on any atom is -0.385 e. The van der Waals surface area contributed by atoms with Gasteiger partial charge in [0.15, 0.2) is 0 Å². The molecular formula is C15H21N3. The maximum absolute atomic E-state index is 4.07. The second-order valence-corrected chi connectivity index (χ2v) is 4.58. The molecule has 0 aliphatic carbocycles. The molecule has 1 aromatic carbocycles. The standard InChI is InChI=1S/C15H21N3/c1-3-13(4-2)11-17-14-6-5-7-15(10-14)18-9-8-16-12-18/h5-10,12-13,17H,3-4,11H2,1-2H3. The predicted octanol–water partition coefficient (Wildman–Crippen LogP) is 3.72. The van der Waals surface area contributed by atoms with E-state index in [0.29, 0.717) is 0 Å². The Labute approximate surface area is 109 Å². The molecule has 1 heterocycles. The van der Waals surface area contributed by atoms with E-state index < -0.39 is 0 Å². The topological polar surface area (TPSA) is 29.9 Å². The summed E-state index contributed by atoms with van der Waals surface area (Å²) < 4.78 is 2.02. The molecule has 0 bridgehead atoms. The van der Waals surface area contributed by atoms with Crippen molar-refractivity contribution in [1.29, 1.82) is 0 Å². The van der Waals surface area contributed by atoms with Crippen LogP contribution in [0.25, 0.3) is 5.69 Å². The van der Waals surface area contributed by atoms with Crippen molar-refractivity contribution in [2.24, 2.45) is 5.92 Å². The van der Waals surface area contributed by atoms with Gasteiger partial charge in [0.1, 0.15) is 0 Å². The molecule has 96 valence electrons. The molecule has 0 unspecified atom stereocenters. The van der Waals surface area contributed by atoms with Crippen LogP contribution in [0.15, 0.2) is 43.0 Å². The van der Waals surface area contributed by atoms with Crippen molar-refractivity contribution in [2.45, 2.75) is 26.7 Å². The molecule has 2 rings (SSSR count). The van der Waals surface area contributed by atoms with Crippen LogP contribution in [0, 0.1) is 5.92 Å². The summed E-state index contributed by atoms with van der Waals surface area (Å²) in [4.78, 5) is 4.07. The second kappa shape index (κ2) is 6.24. The number of hydrogen-bond donors (Lipinski definition) is 1. The SMILES string of the molecule is CCC(CC)CNc1cccc(-n2ccnc2)c1. The maximum atomic E-state index is 4.07. The van der Waals surface area contributed by atoms with Gasteiger partial charge in [0.2, 0.25) is 0 Å². The third-order valence-electron chi connectivity index (χ3n) is 3.40. The van der Waals surface area contributed by atoms with E-state index in [1.54, 1.807) is 6.20 Å². The Kier molecular flexibility index (Phi) is 4.40. The van der Waals surface area contributed by atoms with Gasteiger partial charge in [-0.3, -0.25) is 0 Å². The predicted molar refractivity (Wildman–Crippen MR) is 76.1 cm³/mol. The highest BCUT2D eigenvalue weighted by Gasteiger charge is 2.03. The van der Waals surface area contributed by atoms with Crippen LogP contribution in [0.5, 0.6) is 0 Å². The zero-order valence-electron chi connectivity index (χ0n) is 11.1. The highest BCUT2D eigenvalue weighted by atomic mass is 15.0. The zero-order chi connectivity index (χ0) is 12.8. The first-order valence-corrected chi connectivity index (χ1v) is 6.65. The van der Waals surface area contributed by atoms with Crippen LogP contribution in [0.2, 0.25) is 0 Å². The normalized spacial score (nSPS) is 10.8. The first-order chi connectivity index (χ1) is 8.83. The summed E-state index contributed by atoms with van der Waals surface area (Å²) in [5.74, 6) is 0.752. The largest absolute Gasteiger partial charge is 0.385 e. The fourth-order valence-corrected chi connectivity index (χ4v) is 2.03. The van der Waals surface area contributed by atoms with E-state index in [-0.39, 0.29) is 0 Å². The summed E-state index contributed by atoms with van der Waals surface area (Å²) in [7, 11) is 0. The molecule has 0 fully saturated rings. The van der Waals surface area contributed by atoms with Crippen molar-refractivity contribution < 1.29 is 0 Å². The van der Waals surface area contributed by atoms with E-state index in [1.165, 1.54) is 18.5 Å². The Hall–Kier alpha value is -1.77. The molecule has 0 amide bonds. The molecule has 0 aliphatic rings. The molecule has 0 aliphatic heterocycles. The second-order valence-electron chi connectivity index (χ2n) is 4.58. The van der Waals surface area contributed by atoms with Gasteiger partial charge in [-0.15, -0.1) is 0 Å². The van der Waals surface area contributed by atoms with Crippen molar-refractivity contribution in [3.63, 3.8) is 0 Å². The quantitative estimate of drug-likeness (QED) is 0.838. The van der Waals surface area contributed by atoms with Gasteiger partial charge in [-0.1, -0.05) is 32.8 Å². The molecule has 3 heteroatoms. The number of anilines is 1. The number of rotatable bonds is 6. The molecule has 0 saturated carbocycles. The maximum Gasteiger partial charge on any atom is 0.0991 e. The molecular weight excluding hydrogens is 222 g/mol. The number of nitrogens with zero attached hydrogens (tertiary/aromatic N) is 2. The monoisotopic (exact) mass is 243 g/mol. The van der Waals surface area contributed by atoms with Gasteiger partial charge in [0.25, 0.3) is 0 Å². The minimum absolute atomic E-state index is 0.752. The smallest absolute Gasteiger partial charge is 0.0991 e. The van der Waals surface area contributed by atoms with E-state index in [4.69, 9.17) is 0 Å². The number of aromatic nitrogens is 2. The lowest BCUT2D eigenvalue weighted by Crippen LogP contribution is -2.12. The Morgan fingerprint density at radius 2 is 2.11 bits per heavy atom. The van der Waals surface area contributed by atoms with Crippen LogP contribution in [-0.4, -0.2) is 16.1 Å². The van der Waals surface area contributed by atoms with Crippen LogP contribution in [0.3, 0.4) is 0 Å². The first-order valence-electron chi connectivity index (χ1n) is 6.65. The highest BCUT2D eigenvalue weighted by molar-refractivity contribution is 5.51. The zero-order valence-corrected chi connectivity index (χ0v) is 11.1. The van der Waals surface area contributed by atoms with Crippen LogP contribution >= 0.6 is 0 Å². The van der Waals surface area contributed by atoms with Crippen LogP contribution in [-0.2, 0) is 0 Å². The molecule has 0 atom stereocenters. The third-order valence-corrected chi connectivity index (χ3v) is 3.40. The fourth-order valence-electron chi connectivity index (χ4n) is 2.03. The average Bonchev–Trinajstić information content (AvgIpc) is 2.94.